The van der Waals surface area contributed by atoms with Gasteiger partial charge in [-0.3, -0.25) is 4.79 Å². The quantitative estimate of drug-likeness (QED) is 0.896. The summed E-state index contributed by atoms with van der Waals surface area (Å²) in [6, 6.07) is 3.69. The highest BCUT2D eigenvalue weighted by atomic mass is 19.1. The number of piperidine rings is 1. The topological polar surface area (TPSA) is 29.1 Å². The van der Waals surface area contributed by atoms with E-state index < -0.39 is 17.0 Å². The summed E-state index contributed by atoms with van der Waals surface area (Å²) < 4.78 is 27.0. The molecule has 98 valence electrons. The van der Waals surface area contributed by atoms with Crippen LogP contribution in [0.5, 0.6) is 0 Å². The van der Waals surface area contributed by atoms with Crippen LogP contribution in [0.2, 0.25) is 0 Å². The minimum atomic E-state index is -0.638. The summed E-state index contributed by atoms with van der Waals surface area (Å²) in [6.45, 7) is 3.44. The van der Waals surface area contributed by atoms with Gasteiger partial charge in [0.25, 0.3) is 0 Å². The lowest BCUT2D eigenvalue weighted by Gasteiger charge is -2.32. The van der Waals surface area contributed by atoms with Crippen LogP contribution in [0.1, 0.15) is 25.3 Å². The number of benzene rings is 1. The first-order valence-electron chi connectivity index (χ1n) is 6.20. The molecule has 2 rings (SSSR count). The van der Waals surface area contributed by atoms with Gasteiger partial charge in [0, 0.05) is 17.4 Å². The summed E-state index contributed by atoms with van der Waals surface area (Å²) in [5, 5.41) is 3.18. The predicted octanol–water partition coefficient (Wildman–Crippen LogP) is 2.47. The summed E-state index contributed by atoms with van der Waals surface area (Å²) >= 11 is 0. The Balaban J connectivity index is 2.16. The van der Waals surface area contributed by atoms with E-state index in [1.54, 1.807) is 0 Å². The van der Waals surface area contributed by atoms with E-state index in [9.17, 15) is 13.6 Å². The summed E-state index contributed by atoms with van der Waals surface area (Å²) in [6.07, 6.45) is 1.29. The maximum absolute atomic E-state index is 13.5. The second-order valence-corrected chi connectivity index (χ2v) is 5.11. The molecule has 1 aliphatic rings. The van der Waals surface area contributed by atoms with Crippen LogP contribution < -0.4 is 5.32 Å². The van der Waals surface area contributed by atoms with Gasteiger partial charge in [-0.1, -0.05) is 13.0 Å². The van der Waals surface area contributed by atoms with Gasteiger partial charge in [-0.05, 0) is 38.1 Å². The van der Waals surface area contributed by atoms with E-state index in [1.165, 1.54) is 18.2 Å². The Morgan fingerprint density at radius 1 is 1.28 bits per heavy atom. The zero-order chi connectivity index (χ0) is 13.2. The molecule has 1 heterocycles. The fourth-order valence-electron chi connectivity index (χ4n) is 2.33. The number of ketones is 1. The van der Waals surface area contributed by atoms with Crippen molar-refractivity contribution in [2.45, 2.75) is 26.2 Å². The maximum atomic E-state index is 13.5. The molecule has 0 bridgehead atoms. The zero-order valence-electron chi connectivity index (χ0n) is 10.4. The second-order valence-electron chi connectivity index (χ2n) is 5.11. The molecule has 1 aromatic carbocycles. The normalized spacial score (nSPS) is 18.6. The largest absolute Gasteiger partial charge is 0.317 e. The molecule has 0 saturated carbocycles. The first-order chi connectivity index (χ1) is 8.53. The molecule has 0 amide bonds. The van der Waals surface area contributed by atoms with Crippen molar-refractivity contribution >= 4 is 5.78 Å². The van der Waals surface area contributed by atoms with E-state index >= 15 is 0 Å². The SMILES string of the molecule is CC1(C(=O)Cc2c(F)cccc2F)CCNCC1. The summed E-state index contributed by atoms with van der Waals surface area (Å²) in [5.74, 6) is -1.35. The van der Waals surface area contributed by atoms with E-state index in [1.807, 2.05) is 6.92 Å². The molecule has 0 atom stereocenters. The van der Waals surface area contributed by atoms with Crippen LogP contribution in [0.4, 0.5) is 8.78 Å². The summed E-state index contributed by atoms with van der Waals surface area (Å²) in [4.78, 5) is 12.2. The number of rotatable bonds is 3. The highest BCUT2D eigenvalue weighted by Gasteiger charge is 2.34. The number of hydrogen-bond donors (Lipinski definition) is 1. The number of hydrogen-bond acceptors (Lipinski definition) is 2. The highest BCUT2D eigenvalue weighted by molar-refractivity contribution is 5.86. The van der Waals surface area contributed by atoms with Crippen LogP contribution in [-0.4, -0.2) is 18.9 Å². The molecular weight excluding hydrogens is 236 g/mol. The maximum Gasteiger partial charge on any atom is 0.143 e. The van der Waals surface area contributed by atoms with Crippen LogP contribution in [0.3, 0.4) is 0 Å². The Hall–Kier alpha value is -1.29. The van der Waals surface area contributed by atoms with Gasteiger partial charge in [-0.2, -0.15) is 0 Å². The lowest BCUT2D eigenvalue weighted by atomic mass is 9.75. The van der Waals surface area contributed by atoms with Crippen molar-refractivity contribution in [1.29, 1.82) is 0 Å². The van der Waals surface area contributed by atoms with Crippen molar-refractivity contribution in [3.05, 3.63) is 35.4 Å². The minimum absolute atomic E-state index is 0.0759. The number of carbonyl (C=O) groups excluding carboxylic acids is 1. The van der Waals surface area contributed by atoms with Gasteiger partial charge in [0.1, 0.15) is 17.4 Å². The van der Waals surface area contributed by atoms with Crippen LogP contribution >= 0.6 is 0 Å². The Labute approximate surface area is 105 Å². The van der Waals surface area contributed by atoms with Crippen LogP contribution in [-0.2, 0) is 11.2 Å². The Bertz CT molecular complexity index is 433. The standard InChI is InChI=1S/C14H17F2NO/c1-14(5-7-17-8-6-14)13(18)9-10-11(15)3-2-4-12(10)16/h2-4,17H,5-9H2,1H3. The molecule has 18 heavy (non-hydrogen) atoms. The van der Waals surface area contributed by atoms with E-state index in [0.29, 0.717) is 0 Å². The molecule has 4 heteroatoms. The van der Waals surface area contributed by atoms with Gasteiger partial charge < -0.3 is 5.32 Å². The molecule has 0 aromatic heterocycles. The molecule has 2 nitrogen and oxygen atoms in total. The zero-order valence-corrected chi connectivity index (χ0v) is 10.4. The van der Waals surface area contributed by atoms with Gasteiger partial charge in [0.05, 0.1) is 0 Å². The smallest absolute Gasteiger partial charge is 0.143 e. The van der Waals surface area contributed by atoms with E-state index in [2.05, 4.69) is 5.32 Å². The molecule has 1 fully saturated rings. The summed E-state index contributed by atoms with van der Waals surface area (Å²) in [5.41, 5.74) is -0.567. The van der Waals surface area contributed by atoms with Crippen molar-refractivity contribution < 1.29 is 13.6 Å². The first kappa shape index (κ1) is 13.1. The Morgan fingerprint density at radius 2 is 1.83 bits per heavy atom. The van der Waals surface area contributed by atoms with Crippen LogP contribution in [0.15, 0.2) is 18.2 Å². The molecular formula is C14H17F2NO. The average Bonchev–Trinajstić information content (AvgIpc) is 2.34. The molecule has 1 saturated heterocycles. The second kappa shape index (κ2) is 5.14. The van der Waals surface area contributed by atoms with Crippen molar-refractivity contribution in [2.75, 3.05) is 13.1 Å². The molecule has 0 aliphatic carbocycles. The third-order valence-corrected chi connectivity index (χ3v) is 3.78. The Morgan fingerprint density at radius 3 is 2.39 bits per heavy atom. The fraction of sp³-hybridized carbons (Fsp3) is 0.500. The molecule has 1 aliphatic heterocycles. The van der Waals surface area contributed by atoms with Crippen molar-refractivity contribution in [1.82, 2.24) is 5.32 Å². The van der Waals surface area contributed by atoms with Crippen LogP contribution in [0, 0.1) is 17.0 Å². The predicted molar refractivity (Wildman–Crippen MR) is 65.3 cm³/mol. The highest BCUT2D eigenvalue weighted by Crippen LogP contribution is 2.31. The third-order valence-electron chi connectivity index (χ3n) is 3.78. The number of Topliss-reactive ketones (excluding diaryl/α,β-unsaturated/α-hetero) is 1. The third kappa shape index (κ3) is 2.58. The van der Waals surface area contributed by atoms with E-state index in [0.717, 1.165) is 25.9 Å². The molecule has 0 radical (unpaired) electrons. The minimum Gasteiger partial charge on any atom is -0.317 e. The van der Waals surface area contributed by atoms with Gasteiger partial charge in [0.15, 0.2) is 0 Å². The molecule has 1 N–H and O–H groups in total. The van der Waals surface area contributed by atoms with Crippen LogP contribution in [0.25, 0.3) is 0 Å². The first-order valence-corrected chi connectivity index (χ1v) is 6.20. The number of nitrogens with one attached hydrogen (secondary N) is 1. The van der Waals surface area contributed by atoms with Crippen molar-refractivity contribution in [2.24, 2.45) is 5.41 Å². The number of carbonyl (C=O) groups is 1. The van der Waals surface area contributed by atoms with Crippen molar-refractivity contribution in [3.63, 3.8) is 0 Å². The monoisotopic (exact) mass is 253 g/mol. The molecule has 0 unspecified atom stereocenters. The average molecular weight is 253 g/mol. The molecule has 0 spiro atoms. The Kier molecular flexibility index (Phi) is 3.76. The number of halogens is 2. The van der Waals surface area contributed by atoms with Gasteiger partial charge in [-0.25, -0.2) is 8.78 Å². The van der Waals surface area contributed by atoms with Gasteiger partial charge in [-0.15, -0.1) is 0 Å². The van der Waals surface area contributed by atoms with Gasteiger partial charge >= 0.3 is 0 Å². The van der Waals surface area contributed by atoms with E-state index in [-0.39, 0.29) is 17.8 Å². The fourth-order valence-corrected chi connectivity index (χ4v) is 2.33. The lowest BCUT2D eigenvalue weighted by molar-refractivity contribution is -0.128. The lowest BCUT2D eigenvalue weighted by Crippen LogP contribution is -2.40. The molecule has 1 aromatic rings. The van der Waals surface area contributed by atoms with Gasteiger partial charge in [0.2, 0.25) is 0 Å². The van der Waals surface area contributed by atoms with E-state index in [4.69, 9.17) is 0 Å². The van der Waals surface area contributed by atoms with Crippen molar-refractivity contribution in [3.8, 4) is 0 Å². The summed E-state index contributed by atoms with van der Waals surface area (Å²) in [7, 11) is 0.